The van der Waals surface area contributed by atoms with Crippen molar-refractivity contribution in [1.82, 2.24) is 9.97 Å². The van der Waals surface area contributed by atoms with Crippen molar-refractivity contribution in [2.45, 2.75) is 0 Å². The third kappa shape index (κ3) is 4.87. The van der Waals surface area contributed by atoms with Crippen LogP contribution in [0.4, 0.5) is 11.4 Å². The van der Waals surface area contributed by atoms with Crippen LogP contribution < -0.4 is 0 Å². The lowest BCUT2D eigenvalue weighted by atomic mass is 10.1. The Balaban J connectivity index is 1.68. The van der Waals surface area contributed by atoms with Gasteiger partial charge in [-0.05, 0) is 36.4 Å². The van der Waals surface area contributed by atoms with Crippen LogP contribution in [0.15, 0.2) is 144 Å². The maximum absolute atomic E-state index is 5.07. The molecule has 0 radical (unpaired) electrons. The zero-order valence-corrected chi connectivity index (χ0v) is 18.5. The van der Waals surface area contributed by atoms with Crippen LogP contribution in [-0.4, -0.2) is 21.4 Å². The Labute approximate surface area is 199 Å². The Morgan fingerprint density at radius 2 is 0.794 bits per heavy atom. The van der Waals surface area contributed by atoms with E-state index < -0.39 is 0 Å². The summed E-state index contributed by atoms with van der Waals surface area (Å²) in [5.74, 6) is 0. The van der Waals surface area contributed by atoms with Crippen molar-refractivity contribution in [3.8, 4) is 0 Å². The summed E-state index contributed by atoms with van der Waals surface area (Å²) in [6, 6.07) is 39.8. The number of aromatic nitrogens is 2. The van der Waals surface area contributed by atoms with Crippen LogP contribution in [0.5, 0.6) is 0 Å². The maximum atomic E-state index is 5.07. The molecule has 0 spiro atoms. The van der Waals surface area contributed by atoms with Crippen LogP contribution in [0, 0.1) is 0 Å². The van der Waals surface area contributed by atoms with Crippen LogP contribution in [0.1, 0.15) is 22.5 Å². The topological polar surface area (TPSA) is 50.5 Å². The molecule has 0 saturated heterocycles. The molecule has 2 aromatic heterocycles. The molecule has 0 N–H and O–H groups in total. The second-order valence-corrected chi connectivity index (χ2v) is 7.57. The fourth-order valence-corrected chi connectivity index (χ4v) is 3.63. The molecular weight excluding hydrogens is 416 g/mol. The minimum Gasteiger partial charge on any atom is -0.255 e. The fourth-order valence-electron chi connectivity index (χ4n) is 3.63. The molecule has 3 aromatic carbocycles. The van der Waals surface area contributed by atoms with E-state index in [1.807, 2.05) is 121 Å². The largest absolute Gasteiger partial charge is 0.255 e. The predicted molar refractivity (Wildman–Crippen MR) is 138 cm³/mol. The van der Waals surface area contributed by atoms with E-state index in [0.717, 1.165) is 45.3 Å². The maximum Gasteiger partial charge on any atom is 0.0966 e. The summed E-state index contributed by atoms with van der Waals surface area (Å²) in [5, 5.41) is 0. The van der Waals surface area contributed by atoms with Crippen molar-refractivity contribution in [2.75, 3.05) is 0 Å². The van der Waals surface area contributed by atoms with E-state index in [0.29, 0.717) is 0 Å². The monoisotopic (exact) mass is 438 g/mol. The Kier molecular flexibility index (Phi) is 6.40. The van der Waals surface area contributed by atoms with Gasteiger partial charge in [-0.3, -0.25) is 9.97 Å². The number of pyridine rings is 2. The van der Waals surface area contributed by atoms with Crippen molar-refractivity contribution in [3.05, 3.63) is 156 Å². The second-order valence-electron chi connectivity index (χ2n) is 7.57. The van der Waals surface area contributed by atoms with Crippen LogP contribution in [0.3, 0.4) is 0 Å². The number of hydrogen-bond acceptors (Lipinski definition) is 4. The van der Waals surface area contributed by atoms with Gasteiger partial charge in [0.15, 0.2) is 0 Å². The molecule has 0 atom stereocenters. The zero-order valence-electron chi connectivity index (χ0n) is 18.5. The molecule has 0 bridgehead atoms. The summed E-state index contributed by atoms with van der Waals surface area (Å²) in [6.45, 7) is 0. The fraction of sp³-hybridized carbons (Fsp3) is 0. The van der Waals surface area contributed by atoms with Crippen LogP contribution in [-0.2, 0) is 0 Å². The predicted octanol–water partition coefficient (Wildman–Crippen LogP) is 6.81. The van der Waals surface area contributed by atoms with Gasteiger partial charge in [0.2, 0.25) is 0 Å². The molecule has 0 amide bonds. The van der Waals surface area contributed by atoms with E-state index in [4.69, 9.17) is 9.98 Å². The van der Waals surface area contributed by atoms with E-state index in [-0.39, 0.29) is 0 Å². The van der Waals surface area contributed by atoms with Crippen LogP contribution in [0.25, 0.3) is 0 Å². The molecule has 4 nitrogen and oxygen atoms in total. The second kappa shape index (κ2) is 10.3. The number of rotatable bonds is 6. The quantitative estimate of drug-likeness (QED) is 0.273. The highest BCUT2D eigenvalue weighted by atomic mass is 14.9. The van der Waals surface area contributed by atoms with Crippen LogP contribution in [0.2, 0.25) is 0 Å². The van der Waals surface area contributed by atoms with E-state index in [1.54, 1.807) is 12.4 Å². The van der Waals surface area contributed by atoms with Crippen molar-refractivity contribution >= 4 is 22.8 Å². The van der Waals surface area contributed by atoms with Gasteiger partial charge in [-0.25, -0.2) is 9.98 Å². The van der Waals surface area contributed by atoms with Gasteiger partial charge in [-0.2, -0.15) is 0 Å². The van der Waals surface area contributed by atoms with Gasteiger partial charge in [-0.15, -0.1) is 0 Å². The Morgan fingerprint density at radius 1 is 0.412 bits per heavy atom. The number of benzene rings is 3. The molecule has 0 aliphatic heterocycles. The third-order valence-electron chi connectivity index (χ3n) is 5.26. The lowest BCUT2D eigenvalue weighted by Gasteiger charge is -2.10. The van der Waals surface area contributed by atoms with E-state index in [9.17, 15) is 0 Å². The van der Waals surface area contributed by atoms with Gasteiger partial charge in [0, 0.05) is 23.5 Å². The first-order valence-corrected chi connectivity index (χ1v) is 11.1. The normalized spacial score (nSPS) is 11.9. The first-order chi connectivity index (χ1) is 16.9. The molecule has 0 saturated carbocycles. The van der Waals surface area contributed by atoms with Gasteiger partial charge in [0.05, 0.1) is 34.2 Å². The summed E-state index contributed by atoms with van der Waals surface area (Å²) in [5.41, 5.74) is 6.71. The SMILES string of the molecule is c1ccc(C(=Nc2ccccc2N=C(c2ccccc2)c2ccccn2)c2ccccn2)cc1. The van der Waals surface area contributed by atoms with Crippen LogP contribution >= 0.6 is 0 Å². The van der Waals surface area contributed by atoms with E-state index >= 15 is 0 Å². The van der Waals surface area contributed by atoms with Crippen molar-refractivity contribution in [2.24, 2.45) is 9.98 Å². The van der Waals surface area contributed by atoms with Gasteiger partial charge in [0.25, 0.3) is 0 Å². The molecule has 2 heterocycles. The third-order valence-corrected chi connectivity index (χ3v) is 5.26. The molecule has 4 heteroatoms. The Morgan fingerprint density at radius 3 is 1.18 bits per heavy atom. The van der Waals surface area contributed by atoms with Crippen molar-refractivity contribution in [1.29, 1.82) is 0 Å². The minimum atomic E-state index is 0.761. The Bertz CT molecular complexity index is 1220. The van der Waals surface area contributed by atoms with E-state index in [2.05, 4.69) is 9.97 Å². The number of para-hydroxylation sites is 2. The summed E-state index contributed by atoms with van der Waals surface area (Å²) in [4.78, 5) is 19.3. The first-order valence-electron chi connectivity index (χ1n) is 11.1. The molecule has 5 aromatic rings. The number of hydrogen-bond donors (Lipinski definition) is 0. The van der Waals surface area contributed by atoms with Crippen molar-refractivity contribution in [3.63, 3.8) is 0 Å². The first kappa shape index (κ1) is 21.2. The zero-order chi connectivity index (χ0) is 23.0. The van der Waals surface area contributed by atoms with E-state index in [1.165, 1.54) is 0 Å². The molecule has 0 fully saturated rings. The van der Waals surface area contributed by atoms with Gasteiger partial charge in [0.1, 0.15) is 0 Å². The van der Waals surface area contributed by atoms with Gasteiger partial charge < -0.3 is 0 Å². The van der Waals surface area contributed by atoms with Gasteiger partial charge in [-0.1, -0.05) is 84.9 Å². The average molecular weight is 439 g/mol. The van der Waals surface area contributed by atoms with Gasteiger partial charge >= 0.3 is 0 Å². The lowest BCUT2D eigenvalue weighted by Crippen LogP contribution is -2.06. The summed E-state index contributed by atoms with van der Waals surface area (Å²) in [7, 11) is 0. The Hall–Kier alpha value is -4.70. The molecule has 5 rings (SSSR count). The summed E-state index contributed by atoms with van der Waals surface area (Å²) < 4.78 is 0. The highest BCUT2D eigenvalue weighted by Gasteiger charge is 2.12. The standard InChI is InChI=1S/C30H22N4/c1-3-13-23(14-4-1)29(27-19-9-11-21-31-27)33-25-17-7-8-18-26(25)34-30(24-15-5-2-6-16-24)28-20-10-12-22-32-28/h1-22H. The lowest BCUT2D eigenvalue weighted by molar-refractivity contribution is 1.27. The minimum absolute atomic E-state index is 0.761. The molecule has 0 aliphatic rings. The summed E-state index contributed by atoms with van der Waals surface area (Å²) in [6.07, 6.45) is 3.57. The highest BCUT2D eigenvalue weighted by Crippen LogP contribution is 2.30. The smallest absolute Gasteiger partial charge is 0.0966 e. The molecule has 0 unspecified atom stereocenters. The van der Waals surface area contributed by atoms with Crippen molar-refractivity contribution < 1.29 is 0 Å². The molecule has 162 valence electrons. The molecular formula is C30H22N4. The average Bonchev–Trinajstić information content (AvgIpc) is 2.93. The molecule has 0 aliphatic carbocycles. The highest BCUT2D eigenvalue weighted by molar-refractivity contribution is 6.14. The number of aliphatic imine (C=N–C) groups is 2. The molecule has 34 heavy (non-hydrogen) atoms. The summed E-state index contributed by atoms with van der Waals surface area (Å²) >= 11 is 0. The number of nitrogens with zero attached hydrogens (tertiary/aromatic N) is 4.